The maximum absolute atomic E-state index is 13.7. The molecule has 154 valence electrons. The second-order valence-corrected chi connectivity index (χ2v) is 7.17. The Hall–Kier alpha value is -2.81. The number of aryl methyl sites for hydroxylation is 1. The van der Waals surface area contributed by atoms with E-state index in [1.54, 1.807) is 39.0 Å². The number of carbonyl (C=O) groups excluding carboxylic acids is 1. The van der Waals surface area contributed by atoms with Crippen molar-refractivity contribution >= 4 is 23.0 Å². The Bertz CT molecular complexity index is 1150. The minimum atomic E-state index is -4.94. The van der Waals surface area contributed by atoms with E-state index >= 15 is 0 Å². The first-order valence-electron chi connectivity index (χ1n) is 8.83. The zero-order valence-electron chi connectivity index (χ0n) is 15.8. The van der Waals surface area contributed by atoms with Gasteiger partial charge in [0.1, 0.15) is 11.1 Å². The van der Waals surface area contributed by atoms with Gasteiger partial charge in [0, 0.05) is 16.6 Å². The van der Waals surface area contributed by atoms with Gasteiger partial charge in [0.15, 0.2) is 5.69 Å². The van der Waals surface area contributed by atoms with Crippen LogP contribution in [0.5, 0.6) is 0 Å². The predicted molar refractivity (Wildman–Crippen MR) is 103 cm³/mol. The molecule has 2 heterocycles. The highest BCUT2D eigenvalue weighted by Gasteiger charge is 2.41. The van der Waals surface area contributed by atoms with Crippen LogP contribution >= 0.6 is 11.6 Å². The normalized spacial score (nSPS) is 12.9. The highest BCUT2D eigenvalue weighted by molar-refractivity contribution is 6.31. The van der Waals surface area contributed by atoms with Crippen LogP contribution in [-0.2, 0) is 6.18 Å². The van der Waals surface area contributed by atoms with E-state index in [9.17, 15) is 22.8 Å². The predicted octanol–water partition coefficient (Wildman–Crippen LogP) is 4.20. The minimum absolute atomic E-state index is 0.217. The lowest BCUT2D eigenvalue weighted by Crippen LogP contribution is -2.33. The van der Waals surface area contributed by atoms with E-state index in [4.69, 9.17) is 11.6 Å². The second-order valence-electron chi connectivity index (χ2n) is 6.76. The fourth-order valence-corrected chi connectivity index (χ4v) is 2.99. The van der Waals surface area contributed by atoms with E-state index in [0.717, 1.165) is 10.1 Å². The van der Waals surface area contributed by atoms with Crippen LogP contribution in [0.3, 0.4) is 0 Å². The summed E-state index contributed by atoms with van der Waals surface area (Å²) in [6.07, 6.45) is -3.18. The molecule has 0 spiro atoms. The molecular weight excluding hydrogens is 409 g/mol. The molecule has 0 aliphatic rings. The van der Waals surface area contributed by atoms with Gasteiger partial charge in [-0.1, -0.05) is 30.7 Å². The van der Waals surface area contributed by atoms with E-state index in [2.05, 4.69) is 15.4 Å². The highest BCUT2D eigenvalue weighted by Crippen LogP contribution is 2.34. The summed E-state index contributed by atoms with van der Waals surface area (Å²) in [5, 5.41) is 6.68. The molecular formula is C19H18ClF3N4O2. The number of nitrogens with one attached hydrogen (secondary N) is 2. The van der Waals surface area contributed by atoms with Crippen molar-refractivity contribution in [3.8, 4) is 11.3 Å². The van der Waals surface area contributed by atoms with Crippen LogP contribution in [-0.4, -0.2) is 26.5 Å². The number of aromatic nitrogens is 3. The van der Waals surface area contributed by atoms with Crippen molar-refractivity contribution in [2.75, 3.05) is 0 Å². The van der Waals surface area contributed by atoms with Gasteiger partial charge in [-0.3, -0.25) is 9.59 Å². The van der Waals surface area contributed by atoms with Crippen LogP contribution in [0.2, 0.25) is 5.02 Å². The van der Waals surface area contributed by atoms with Gasteiger partial charge in [-0.15, -0.1) is 0 Å². The first-order valence-corrected chi connectivity index (χ1v) is 9.21. The van der Waals surface area contributed by atoms with Gasteiger partial charge in [0.05, 0.1) is 11.9 Å². The van der Waals surface area contributed by atoms with Crippen LogP contribution < -0.4 is 10.9 Å². The van der Waals surface area contributed by atoms with Gasteiger partial charge in [-0.2, -0.15) is 18.3 Å². The Morgan fingerprint density at radius 1 is 1.38 bits per heavy atom. The molecule has 1 amide bonds. The molecule has 1 atom stereocenters. The van der Waals surface area contributed by atoms with Gasteiger partial charge in [0.25, 0.3) is 11.5 Å². The van der Waals surface area contributed by atoms with E-state index in [1.807, 2.05) is 0 Å². The number of rotatable bonds is 4. The van der Waals surface area contributed by atoms with Gasteiger partial charge in [0.2, 0.25) is 0 Å². The number of halogens is 4. The Kier molecular flexibility index (Phi) is 5.44. The van der Waals surface area contributed by atoms with Crippen LogP contribution in [0, 0.1) is 6.92 Å². The third-order valence-corrected chi connectivity index (χ3v) is 5.00. The van der Waals surface area contributed by atoms with Crippen molar-refractivity contribution in [3.63, 3.8) is 0 Å². The number of amides is 1. The Morgan fingerprint density at radius 2 is 2.07 bits per heavy atom. The number of nitrogens with zero attached hydrogens (tertiary/aromatic N) is 2. The number of hydrogen-bond acceptors (Lipinski definition) is 3. The quantitative estimate of drug-likeness (QED) is 0.656. The average molecular weight is 427 g/mol. The van der Waals surface area contributed by atoms with Gasteiger partial charge in [-0.05, 0) is 31.9 Å². The molecule has 0 unspecified atom stereocenters. The molecule has 0 bridgehead atoms. The lowest BCUT2D eigenvalue weighted by Gasteiger charge is -2.11. The number of alkyl halides is 3. The molecule has 0 fully saturated rings. The van der Waals surface area contributed by atoms with E-state index in [-0.39, 0.29) is 11.7 Å². The van der Waals surface area contributed by atoms with Gasteiger partial charge in [-0.25, -0.2) is 4.52 Å². The molecule has 10 heteroatoms. The first-order chi connectivity index (χ1) is 13.5. The average Bonchev–Trinajstić information content (AvgIpc) is 3.04. The standard InChI is InChI=1S/C19H18ClF3N4O2/c1-4-10(3)24-17(28)15-14(19(21,22)23)16-18(29)25-13(8-27(16)26-15)11-6-5-9(2)12(20)7-11/h5-8,10H,4H2,1-3H3,(H,24,28)(H,25,29)/t10-/m1/s1. The third kappa shape index (κ3) is 4.00. The molecule has 0 aliphatic carbocycles. The van der Waals surface area contributed by atoms with Gasteiger partial charge < -0.3 is 10.3 Å². The lowest BCUT2D eigenvalue weighted by molar-refractivity contribution is -0.136. The van der Waals surface area contributed by atoms with Crippen molar-refractivity contribution < 1.29 is 18.0 Å². The topological polar surface area (TPSA) is 79.3 Å². The second kappa shape index (κ2) is 7.55. The van der Waals surface area contributed by atoms with Crippen LogP contribution in [0.25, 0.3) is 16.8 Å². The van der Waals surface area contributed by atoms with Crippen LogP contribution in [0.1, 0.15) is 41.9 Å². The van der Waals surface area contributed by atoms with Crippen LogP contribution in [0.15, 0.2) is 29.2 Å². The zero-order valence-corrected chi connectivity index (χ0v) is 16.6. The van der Waals surface area contributed by atoms with E-state index < -0.39 is 34.4 Å². The summed E-state index contributed by atoms with van der Waals surface area (Å²) in [6, 6.07) is 4.62. The smallest absolute Gasteiger partial charge is 0.348 e. The summed E-state index contributed by atoms with van der Waals surface area (Å²) >= 11 is 6.10. The van der Waals surface area contributed by atoms with Crippen molar-refractivity contribution in [2.45, 2.75) is 39.4 Å². The minimum Gasteiger partial charge on any atom is -0.348 e. The van der Waals surface area contributed by atoms with Crippen molar-refractivity contribution in [2.24, 2.45) is 0 Å². The maximum atomic E-state index is 13.7. The van der Waals surface area contributed by atoms with Gasteiger partial charge >= 0.3 is 6.18 Å². The van der Waals surface area contributed by atoms with Crippen LogP contribution in [0.4, 0.5) is 13.2 Å². The van der Waals surface area contributed by atoms with E-state index in [1.165, 1.54) is 6.20 Å². The molecule has 6 nitrogen and oxygen atoms in total. The monoisotopic (exact) mass is 426 g/mol. The molecule has 3 rings (SSSR count). The fraction of sp³-hybridized carbons (Fsp3) is 0.316. The number of hydrogen-bond donors (Lipinski definition) is 2. The Balaban J connectivity index is 2.23. The molecule has 0 radical (unpaired) electrons. The highest BCUT2D eigenvalue weighted by atomic mass is 35.5. The summed E-state index contributed by atoms with van der Waals surface area (Å²) in [4.78, 5) is 27.3. The number of fused-ring (bicyclic) bond motifs is 1. The molecule has 0 saturated carbocycles. The largest absolute Gasteiger partial charge is 0.421 e. The molecule has 2 N–H and O–H groups in total. The van der Waals surface area contributed by atoms with Crippen molar-refractivity contribution in [1.82, 2.24) is 19.9 Å². The zero-order chi connectivity index (χ0) is 21.5. The summed E-state index contributed by atoms with van der Waals surface area (Å²) in [7, 11) is 0. The first kappa shape index (κ1) is 20.9. The fourth-order valence-electron chi connectivity index (χ4n) is 2.81. The third-order valence-electron chi connectivity index (χ3n) is 4.60. The van der Waals surface area contributed by atoms with E-state index in [0.29, 0.717) is 17.0 Å². The number of benzene rings is 1. The summed E-state index contributed by atoms with van der Waals surface area (Å²) < 4.78 is 41.9. The lowest BCUT2D eigenvalue weighted by atomic mass is 10.1. The molecule has 3 aromatic rings. The Morgan fingerprint density at radius 3 is 2.66 bits per heavy atom. The SMILES string of the molecule is CC[C@@H](C)NC(=O)c1nn2cc(-c3ccc(C)c(Cl)c3)[nH]c(=O)c2c1C(F)(F)F. The molecule has 29 heavy (non-hydrogen) atoms. The summed E-state index contributed by atoms with van der Waals surface area (Å²) in [5.41, 5.74) is -2.45. The number of aromatic amines is 1. The molecule has 0 saturated heterocycles. The summed E-state index contributed by atoms with van der Waals surface area (Å²) in [5.74, 6) is -0.991. The summed E-state index contributed by atoms with van der Waals surface area (Å²) in [6.45, 7) is 5.24. The maximum Gasteiger partial charge on any atom is 0.421 e. The molecule has 2 aromatic heterocycles. The van der Waals surface area contributed by atoms with Crippen molar-refractivity contribution in [1.29, 1.82) is 0 Å². The van der Waals surface area contributed by atoms with Crippen molar-refractivity contribution in [3.05, 3.63) is 56.6 Å². The number of H-pyrrole nitrogens is 1. The molecule has 0 aliphatic heterocycles. The molecule has 1 aromatic carbocycles. The Labute approximate surface area is 168 Å². The number of carbonyl (C=O) groups is 1.